The number of aromatic hydroxyl groups is 2. The van der Waals surface area contributed by atoms with Crippen molar-refractivity contribution in [3.05, 3.63) is 127 Å². The number of alkyl halides is 3. The Bertz CT molecular complexity index is 1970. The highest BCUT2D eigenvalue weighted by Crippen LogP contribution is 2.34. The normalized spacial score (nSPS) is 11.4. The van der Waals surface area contributed by atoms with Gasteiger partial charge in [-0.05, 0) is 34.4 Å². The molecular formula is C31H21F5O5S. The maximum Gasteiger partial charge on any atom is 0.534 e. The summed E-state index contributed by atoms with van der Waals surface area (Å²) in [5.74, 6) is -2.65. The molecular weight excluding hydrogens is 579 g/mol. The molecule has 0 unspecified atom stereocenters. The van der Waals surface area contributed by atoms with E-state index >= 15 is 0 Å². The largest absolute Gasteiger partial charge is 0.534 e. The Morgan fingerprint density at radius 3 is 1.57 bits per heavy atom. The van der Waals surface area contributed by atoms with Crippen molar-refractivity contribution in [2.24, 2.45) is 0 Å². The van der Waals surface area contributed by atoms with Crippen LogP contribution in [0.25, 0.3) is 32.3 Å². The van der Waals surface area contributed by atoms with Crippen molar-refractivity contribution in [2.75, 3.05) is 0 Å². The summed E-state index contributed by atoms with van der Waals surface area (Å²) < 4.78 is 88.6. The number of phenols is 2. The van der Waals surface area contributed by atoms with Crippen molar-refractivity contribution in [1.29, 1.82) is 0 Å². The first-order valence-electron chi connectivity index (χ1n) is 12.1. The Kier molecular flexibility index (Phi) is 8.82. The van der Waals surface area contributed by atoms with Crippen molar-refractivity contribution in [1.82, 2.24) is 0 Å². The van der Waals surface area contributed by atoms with Gasteiger partial charge in [-0.2, -0.15) is 21.6 Å². The lowest BCUT2D eigenvalue weighted by atomic mass is 10.1. The van der Waals surface area contributed by atoms with Gasteiger partial charge in [0.1, 0.15) is 5.75 Å². The first-order chi connectivity index (χ1) is 19.9. The van der Waals surface area contributed by atoms with Crippen LogP contribution in [0.3, 0.4) is 0 Å². The Hall–Kier alpha value is -4.90. The smallest absolute Gasteiger partial charge is 0.507 e. The van der Waals surface area contributed by atoms with Crippen LogP contribution in [-0.4, -0.2) is 24.1 Å². The quantitative estimate of drug-likeness (QED) is 0.118. The van der Waals surface area contributed by atoms with Gasteiger partial charge < -0.3 is 14.4 Å². The lowest BCUT2D eigenvalue weighted by molar-refractivity contribution is -0.0500. The second-order valence-electron chi connectivity index (χ2n) is 8.70. The number of fused-ring (bicyclic) bond motifs is 3. The Morgan fingerprint density at radius 1 is 0.548 bits per heavy atom. The van der Waals surface area contributed by atoms with E-state index < -0.39 is 33.0 Å². The second-order valence-corrected chi connectivity index (χ2v) is 10.2. The molecule has 0 aliphatic rings. The topological polar surface area (TPSA) is 83.8 Å². The van der Waals surface area contributed by atoms with Crippen molar-refractivity contribution in [2.45, 2.75) is 5.51 Å². The van der Waals surface area contributed by atoms with E-state index in [1.165, 1.54) is 30.3 Å². The van der Waals surface area contributed by atoms with Gasteiger partial charge in [0.15, 0.2) is 23.1 Å². The van der Waals surface area contributed by atoms with Gasteiger partial charge in [0.25, 0.3) is 0 Å². The number of hydrogen-bond donors (Lipinski definition) is 2. The van der Waals surface area contributed by atoms with Gasteiger partial charge in [-0.3, -0.25) is 0 Å². The number of phenolic OH excluding ortho intramolecular Hbond substituents is 2. The van der Waals surface area contributed by atoms with E-state index in [0.29, 0.717) is 16.5 Å². The van der Waals surface area contributed by atoms with Crippen LogP contribution in [0, 0.1) is 11.6 Å². The van der Waals surface area contributed by atoms with E-state index in [9.17, 15) is 40.6 Å². The summed E-state index contributed by atoms with van der Waals surface area (Å²) in [5, 5.41) is 22.3. The van der Waals surface area contributed by atoms with Crippen LogP contribution in [0.4, 0.5) is 22.0 Å². The van der Waals surface area contributed by atoms with Crippen LogP contribution >= 0.6 is 0 Å². The van der Waals surface area contributed by atoms with E-state index in [1.807, 2.05) is 48.5 Å². The molecule has 0 saturated carbocycles. The minimum atomic E-state index is -5.90. The van der Waals surface area contributed by atoms with E-state index in [0.717, 1.165) is 22.2 Å². The van der Waals surface area contributed by atoms with Crippen molar-refractivity contribution >= 4 is 42.4 Å². The average molecular weight is 601 g/mol. The summed E-state index contributed by atoms with van der Waals surface area (Å²) in [4.78, 5) is 0. The molecule has 0 radical (unpaired) electrons. The highest BCUT2D eigenvalue weighted by atomic mass is 32.2. The van der Waals surface area contributed by atoms with E-state index in [4.69, 9.17) is 0 Å². The summed E-state index contributed by atoms with van der Waals surface area (Å²) >= 11 is 0. The van der Waals surface area contributed by atoms with Gasteiger partial charge in [-0.25, -0.2) is 8.78 Å². The maximum atomic E-state index is 13.5. The molecule has 0 bridgehead atoms. The molecule has 0 saturated heterocycles. The molecule has 11 heteroatoms. The molecule has 42 heavy (non-hydrogen) atoms. The Labute approximate surface area is 236 Å². The van der Waals surface area contributed by atoms with E-state index in [1.54, 1.807) is 30.3 Å². The molecule has 2 N–H and O–H groups in total. The summed E-state index contributed by atoms with van der Waals surface area (Å²) in [5.41, 5.74) is -5.61. The van der Waals surface area contributed by atoms with Gasteiger partial charge in [-0.1, -0.05) is 97.1 Å². The summed E-state index contributed by atoms with van der Waals surface area (Å²) in [7, 11) is -5.90. The van der Waals surface area contributed by atoms with Crippen LogP contribution in [0.2, 0.25) is 0 Å². The number of rotatable bonds is 2. The fourth-order valence-electron chi connectivity index (χ4n) is 3.89. The zero-order valence-electron chi connectivity index (χ0n) is 21.4. The molecule has 0 aliphatic carbocycles. The SMILES string of the molecule is O=S(=O)(Oc1c(F)ccc2ccccc12)C(F)(F)F.Oc1c(F)ccc2ccccc12.Oc1cccc2ccccc12. The molecule has 6 aromatic rings. The molecule has 0 atom stereocenters. The molecule has 0 fully saturated rings. The molecule has 216 valence electrons. The number of benzene rings is 6. The predicted molar refractivity (Wildman–Crippen MR) is 151 cm³/mol. The fraction of sp³-hybridized carbons (Fsp3) is 0.0323. The zero-order chi connectivity index (χ0) is 30.5. The van der Waals surface area contributed by atoms with Gasteiger partial charge >= 0.3 is 15.6 Å². The molecule has 0 amide bonds. The van der Waals surface area contributed by atoms with Gasteiger partial charge in [0.05, 0.1) is 0 Å². The molecule has 0 aromatic heterocycles. The number of hydrogen-bond acceptors (Lipinski definition) is 5. The Morgan fingerprint density at radius 2 is 1.00 bits per heavy atom. The first kappa shape index (κ1) is 30.1. The van der Waals surface area contributed by atoms with Gasteiger partial charge in [0.2, 0.25) is 0 Å². The fourth-order valence-corrected chi connectivity index (χ4v) is 4.38. The molecule has 6 rings (SSSR count). The van der Waals surface area contributed by atoms with Crippen LogP contribution in [0.1, 0.15) is 0 Å². The van der Waals surface area contributed by atoms with E-state index in [2.05, 4.69) is 4.18 Å². The minimum absolute atomic E-state index is 0.0599. The van der Waals surface area contributed by atoms with Crippen molar-refractivity contribution in [3.63, 3.8) is 0 Å². The highest BCUT2D eigenvalue weighted by molar-refractivity contribution is 7.88. The monoisotopic (exact) mass is 600 g/mol. The summed E-state index contributed by atoms with van der Waals surface area (Å²) in [6.45, 7) is 0. The van der Waals surface area contributed by atoms with Gasteiger partial charge in [-0.15, -0.1) is 0 Å². The number of halogens is 5. The van der Waals surface area contributed by atoms with Crippen LogP contribution in [-0.2, 0) is 10.1 Å². The standard InChI is InChI=1S/C11H6F4O3S.C10H7FO.C10H8O/c12-9-6-5-7-3-1-2-4-8(7)10(9)18-19(16,17)11(13,14)15;11-9-6-5-7-3-1-2-4-8(7)10(9)12;11-10-7-3-5-8-4-1-2-6-9(8)10/h1-6H;1-6,12H;1-7,11H. The molecule has 0 spiro atoms. The van der Waals surface area contributed by atoms with Crippen molar-refractivity contribution in [3.8, 4) is 17.2 Å². The Balaban J connectivity index is 0.000000152. The minimum Gasteiger partial charge on any atom is -0.507 e. The summed E-state index contributed by atoms with van der Waals surface area (Å²) in [6, 6.07) is 31.2. The molecule has 0 aliphatic heterocycles. The molecule has 6 aromatic carbocycles. The van der Waals surface area contributed by atoms with Crippen molar-refractivity contribution < 1.29 is 44.8 Å². The van der Waals surface area contributed by atoms with E-state index in [-0.39, 0.29) is 11.1 Å². The summed E-state index contributed by atoms with van der Waals surface area (Å²) in [6.07, 6.45) is 0. The zero-order valence-corrected chi connectivity index (χ0v) is 22.2. The van der Waals surface area contributed by atoms with Crippen LogP contribution in [0.15, 0.2) is 115 Å². The van der Waals surface area contributed by atoms with Crippen LogP contribution in [0.5, 0.6) is 17.2 Å². The maximum absolute atomic E-state index is 13.5. The first-order valence-corrected chi connectivity index (χ1v) is 13.5. The average Bonchev–Trinajstić information content (AvgIpc) is 2.97. The molecule has 0 heterocycles. The van der Waals surface area contributed by atoms with Crippen LogP contribution < -0.4 is 4.18 Å². The lowest BCUT2D eigenvalue weighted by Gasteiger charge is -2.12. The molecule has 5 nitrogen and oxygen atoms in total. The third-order valence-corrected chi connectivity index (χ3v) is 6.88. The van der Waals surface area contributed by atoms with Gasteiger partial charge in [0, 0.05) is 16.2 Å². The third kappa shape index (κ3) is 6.69. The second kappa shape index (κ2) is 12.3. The predicted octanol–water partition coefficient (Wildman–Crippen LogP) is 8.44. The third-order valence-electron chi connectivity index (χ3n) is 5.93. The highest BCUT2D eigenvalue weighted by Gasteiger charge is 2.49. The lowest BCUT2D eigenvalue weighted by Crippen LogP contribution is -2.28.